The minimum absolute atomic E-state index is 0.0321. The number of nitrogen functional groups attached to an aromatic ring is 1. The van der Waals surface area contributed by atoms with Gasteiger partial charge in [0.05, 0.1) is 64.5 Å². The van der Waals surface area contributed by atoms with E-state index in [-0.39, 0.29) is 148 Å². The number of alkyl halides is 1. The van der Waals surface area contributed by atoms with Gasteiger partial charge in [-0.1, -0.05) is 68.8 Å². The summed E-state index contributed by atoms with van der Waals surface area (Å²) in [5.74, 6) is -12.7. The lowest BCUT2D eigenvalue weighted by Crippen LogP contribution is -2.55. The van der Waals surface area contributed by atoms with Gasteiger partial charge in [0.1, 0.15) is 29.3 Å². The predicted molar refractivity (Wildman–Crippen MR) is 508 cm³/mol. The van der Waals surface area contributed by atoms with Crippen LogP contribution >= 0.6 is 23.4 Å². The SMILES string of the molecule is CC(=O)Oc1cc2c(c3ccccc13)C(CCl)CN2C(=O)c1cc2cc(CC(=O)c3cc4cc(CC(=O)[C@@H](NC(=O)COc5ccc(/C(C)=N\NC(=O)CCN6C(=O)CC(SCC(CC(=O)[C@@H](CC(=O)O)NC(=O)[C@@H](CCCCC(=N)N)NC(=O)[C@H](C)NC(=O)CCCNC(=O)c7ccc(CCc8cnc9nc(N)[nH]c(=O)c9n8)cc7)C(=O)O)C6=O)cc5)C(C)C)ccc4[nH]3)ccc2[nH]1.O=C=O.O=C=O. The van der Waals surface area contributed by atoms with Crippen LogP contribution in [0.2, 0.25) is 0 Å². The van der Waals surface area contributed by atoms with Crippen molar-refractivity contribution >= 4 is 191 Å². The van der Waals surface area contributed by atoms with E-state index in [0.717, 1.165) is 43.9 Å². The first-order valence-corrected chi connectivity index (χ1v) is 45.7. The number of hydrazone groups is 1. The molecule has 4 aromatic heterocycles. The number of aromatic amines is 3. The van der Waals surface area contributed by atoms with E-state index in [2.05, 4.69) is 67.0 Å². The second kappa shape index (κ2) is 50.1. The van der Waals surface area contributed by atoms with Gasteiger partial charge in [0.2, 0.25) is 41.4 Å². The number of unbranched alkanes of at least 4 members (excludes halogenated alkanes) is 1. The number of benzene rings is 6. The van der Waals surface area contributed by atoms with Gasteiger partial charge in [-0.3, -0.25) is 92.0 Å². The van der Waals surface area contributed by atoms with Crippen LogP contribution in [-0.4, -0.2) is 225 Å². The highest BCUT2D eigenvalue weighted by atomic mass is 35.5. The van der Waals surface area contributed by atoms with Crippen molar-refractivity contribution < 1.29 is 111 Å². The van der Waals surface area contributed by atoms with Gasteiger partial charge in [-0.25, -0.2) is 15.4 Å². The Balaban J connectivity index is 0.00000328. The number of H-pyrrole nitrogens is 3. The van der Waals surface area contributed by atoms with Gasteiger partial charge in [0.15, 0.2) is 35.1 Å². The van der Waals surface area contributed by atoms with Gasteiger partial charge in [-0.2, -0.15) is 29.3 Å². The summed E-state index contributed by atoms with van der Waals surface area (Å²) in [6.07, 6.45) is 0.849. The number of nitrogens with one attached hydrogen (secondary N) is 10. The summed E-state index contributed by atoms with van der Waals surface area (Å²) in [7, 11) is 0. The number of hydrogen-bond donors (Lipinski definition) is 14. The van der Waals surface area contributed by atoms with Gasteiger partial charge < -0.3 is 72.6 Å². The highest BCUT2D eigenvalue weighted by Crippen LogP contribution is 2.46. The number of carbonyl (C=O) groups is 15. The number of esters is 1. The fourth-order valence-corrected chi connectivity index (χ4v) is 17.2. The van der Waals surface area contributed by atoms with Crippen molar-refractivity contribution in [3.8, 4) is 11.5 Å². The van der Waals surface area contributed by atoms with E-state index in [4.69, 9.17) is 57.1 Å². The molecule has 3 unspecified atom stereocenters. The largest absolute Gasteiger partial charge is 0.484 e. The van der Waals surface area contributed by atoms with Crippen LogP contribution in [-0.2, 0) is 102 Å². The standard InChI is InChI=1S/C94H101ClN18O20S.2CO2/c1-48(2)84(74(117)36-54-20-28-65-57(34-54)37-68(103-65)72(115)35-53-19-29-66-58(33-53)38-70(104-66)91(128)113-45-60(43-95)83-64-12-7-6-11-63(64)75(41-71(83)113)133-51(5)114)107-80(120)46-132-62-26-23-55(24-27-62)49(3)110-111-79(119)30-32-112-81(121)42-76(92(112)129)134-47-59(93(130)131)39-73(116)69(40-82(122)123)106-89(126)67(13-8-9-14-77(96)97)105-87(124)50(4)101-78(118)15-10-31-99-88(125)56-21-16-52(17-22-56)18-25-61-44-100-86-85(102-61)90(127)109-94(98)108-86;2*2-1-3/h6-7,11-12,16-17,19-24,26-29,33-34,37-38,41,44,48,50,59-60,67,69,76,84,103-104H,8-10,13-15,18,25,30-32,35-36,39-40,42-43,45-47H2,1-5H3,(H3,96,97)(H,99,125)(H,101,118)(H,105,124)(H,106,126)(H,107,120)(H,111,119)(H,122,123)(H,130,131)(H3,98,100,108,109,127);;/b110-49-;;/t50-,59?,60?,67+,69+,76?,84-;;/m0../s1. The maximum Gasteiger partial charge on any atom is 0.373 e. The van der Waals surface area contributed by atoms with Crippen molar-refractivity contribution in [1.82, 2.24) is 66.8 Å². The number of hydrogen-bond acceptors (Lipinski definition) is 29. The molecule has 6 aromatic carbocycles. The van der Waals surface area contributed by atoms with Crippen LogP contribution in [0.25, 0.3) is 43.7 Å². The topological polar surface area (TPSA) is 653 Å². The molecular formula is C96H101ClN18O24S. The first-order valence-electron chi connectivity index (χ1n) is 44.2. The number of imide groups is 1. The summed E-state index contributed by atoms with van der Waals surface area (Å²) >= 11 is 7.26. The Morgan fingerprint density at radius 3 is 1.98 bits per heavy atom. The third-order valence-corrected chi connectivity index (χ3v) is 24.5. The molecule has 0 spiro atoms. The van der Waals surface area contributed by atoms with Crippen molar-refractivity contribution in [2.45, 2.75) is 160 Å². The van der Waals surface area contributed by atoms with Crippen molar-refractivity contribution in [1.29, 1.82) is 5.41 Å². The number of aromatic nitrogens is 6. The van der Waals surface area contributed by atoms with Crippen molar-refractivity contribution in [2.75, 3.05) is 48.5 Å². The molecule has 6 heterocycles. The van der Waals surface area contributed by atoms with Crippen LogP contribution in [0.1, 0.15) is 170 Å². The number of nitrogens with zero attached hydrogens (tertiary/aromatic N) is 6. The molecule has 1 fully saturated rings. The number of nitrogens with two attached hydrogens (primary N) is 2. The van der Waals surface area contributed by atoms with E-state index >= 15 is 0 Å². The molecule has 1 saturated heterocycles. The van der Waals surface area contributed by atoms with E-state index in [1.54, 1.807) is 105 Å². The lowest BCUT2D eigenvalue weighted by Gasteiger charge is -2.24. The van der Waals surface area contributed by atoms with Crippen molar-refractivity contribution in [3.05, 3.63) is 194 Å². The molecule has 9 amide bonds. The molecule has 16 N–H and O–H groups in total. The Morgan fingerprint density at radius 2 is 1.33 bits per heavy atom. The Morgan fingerprint density at radius 1 is 0.686 bits per heavy atom. The number of Topliss-reactive ketones (excluding diaryl/α,β-unsaturated/α-hetero) is 3. The number of aliphatic carboxylic acids is 2. The van der Waals surface area contributed by atoms with Crippen LogP contribution in [0.3, 0.4) is 0 Å². The van der Waals surface area contributed by atoms with Gasteiger partial charge in [-0.15, -0.1) is 23.4 Å². The Bertz CT molecular complexity index is 6570. The number of halogens is 1. The molecule has 0 aliphatic carbocycles. The van der Waals surface area contributed by atoms with Crippen molar-refractivity contribution in [3.63, 3.8) is 0 Å². The number of ether oxygens (including phenoxy) is 2. The number of anilines is 2. The normalized spacial score (nSPS) is 14.3. The number of aryl methyl sites for hydroxylation is 2. The number of rotatable bonds is 46. The number of amidine groups is 1. The zero-order valence-electron chi connectivity index (χ0n) is 76.5. The van der Waals surface area contributed by atoms with E-state index in [1.807, 2.05) is 48.5 Å². The molecule has 12 rings (SSSR count). The summed E-state index contributed by atoms with van der Waals surface area (Å²) in [6.45, 7) is 7.44. The third-order valence-electron chi connectivity index (χ3n) is 22.8. The molecule has 42 nitrogen and oxygen atoms in total. The minimum Gasteiger partial charge on any atom is -0.484 e. The highest BCUT2D eigenvalue weighted by molar-refractivity contribution is 8.00. The third kappa shape index (κ3) is 29.2. The monoisotopic (exact) mass is 1960 g/mol. The molecule has 0 radical (unpaired) electrons. The second-order valence-electron chi connectivity index (χ2n) is 33.4. The Kier molecular flexibility index (Phi) is 37.9. The molecular weight excluding hydrogens is 1860 g/mol. The lowest BCUT2D eigenvalue weighted by molar-refractivity contribution is -0.193. The number of ketones is 3. The average molecular weight is 1960 g/mol. The zero-order chi connectivity index (χ0) is 102. The van der Waals surface area contributed by atoms with E-state index in [0.29, 0.717) is 98.0 Å². The number of carboxylic acid groups (broad SMARTS) is 2. The summed E-state index contributed by atoms with van der Waals surface area (Å²) in [5, 5.41) is 46.7. The lowest BCUT2D eigenvalue weighted by atomic mass is 9.95. The minimum atomic E-state index is -1.83. The van der Waals surface area contributed by atoms with Gasteiger partial charge in [0.25, 0.3) is 23.3 Å². The maximum atomic E-state index is 14.3. The van der Waals surface area contributed by atoms with E-state index < -0.39 is 137 Å². The summed E-state index contributed by atoms with van der Waals surface area (Å²) < 4.78 is 11.4. The van der Waals surface area contributed by atoms with E-state index in [1.165, 1.54) is 20.0 Å². The quantitative estimate of drug-likeness (QED) is 0.00236. The second-order valence-corrected chi connectivity index (χ2v) is 34.9. The molecule has 2 aliphatic rings. The molecule has 44 heteroatoms. The Labute approximate surface area is 806 Å². The number of likely N-dealkylation sites (tertiary alicyclic amines) is 1. The van der Waals surface area contributed by atoms with Crippen LogP contribution in [0, 0.1) is 17.2 Å². The number of fused-ring (bicyclic) bond motifs is 6. The smallest absolute Gasteiger partial charge is 0.373 e. The van der Waals surface area contributed by atoms with Crippen molar-refractivity contribution in [2.24, 2.45) is 22.7 Å². The van der Waals surface area contributed by atoms with Crippen LogP contribution in [0.15, 0.2) is 143 Å². The molecule has 10 aromatic rings. The number of thioether (sulfide) groups is 1. The average Bonchev–Trinajstić information content (AvgIpc) is 1.58. The fraction of sp³-hybridized carbons (Fsp3) is 0.344. The van der Waals surface area contributed by atoms with Gasteiger partial charge in [0, 0.05) is 128 Å². The van der Waals surface area contributed by atoms with E-state index in [9.17, 15) is 86.9 Å². The molecule has 7 atom stereocenters. The van der Waals surface area contributed by atoms with Crippen LogP contribution in [0.4, 0.5) is 11.6 Å². The Hall–Kier alpha value is -16.1. The predicted octanol–water partition coefficient (Wildman–Crippen LogP) is 6.10. The zero-order valence-corrected chi connectivity index (χ0v) is 78.0. The molecule has 0 bridgehead atoms. The number of carbonyl (C=O) groups excluding carboxylic acids is 17. The molecule has 732 valence electrons. The summed E-state index contributed by atoms with van der Waals surface area (Å²) in [4.78, 5) is 268. The van der Waals surface area contributed by atoms with Gasteiger partial charge in [-0.05, 0) is 158 Å². The van der Waals surface area contributed by atoms with Crippen LogP contribution < -0.4 is 63.4 Å². The number of carboxylic acids is 2. The first-order chi connectivity index (χ1) is 66.8. The number of amides is 9. The fourth-order valence-electron chi connectivity index (χ4n) is 15.7. The molecule has 0 saturated carbocycles. The molecule has 140 heavy (non-hydrogen) atoms. The maximum absolute atomic E-state index is 14.3. The van der Waals surface area contributed by atoms with Gasteiger partial charge >= 0.3 is 30.2 Å². The summed E-state index contributed by atoms with van der Waals surface area (Å²) in [5.41, 5.74) is 20.7. The molecule has 2 aliphatic heterocycles. The first kappa shape index (κ1) is 106. The van der Waals surface area contributed by atoms with Crippen LogP contribution in [0.5, 0.6) is 11.5 Å². The highest BCUT2D eigenvalue weighted by Gasteiger charge is 2.42. The summed E-state index contributed by atoms with van der Waals surface area (Å²) in [6, 6.07) is 31.3.